The Morgan fingerprint density at radius 2 is 2.30 bits per heavy atom. The van der Waals surface area contributed by atoms with Crippen LogP contribution in [-0.2, 0) is 13.5 Å². The van der Waals surface area contributed by atoms with Crippen LogP contribution >= 0.6 is 12.4 Å². The van der Waals surface area contributed by atoms with Gasteiger partial charge in [-0.25, -0.2) is 4.98 Å². The van der Waals surface area contributed by atoms with Crippen molar-refractivity contribution in [1.82, 2.24) is 19.8 Å². The number of hydrogen-bond donors (Lipinski definition) is 1. The van der Waals surface area contributed by atoms with E-state index in [9.17, 15) is 4.79 Å². The second kappa shape index (κ2) is 7.19. The molecular formula is C16H23ClN4O2. The molecule has 0 spiro atoms. The van der Waals surface area contributed by atoms with Crippen molar-refractivity contribution in [3.05, 3.63) is 41.4 Å². The minimum Gasteiger partial charge on any atom is -0.456 e. The van der Waals surface area contributed by atoms with Crippen molar-refractivity contribution in [2.45, 2.75) is 26.3 Å². The number of nitrogens with one attached hydrogen (secondary N) is 1. The van der Waals surface area contributed by atoms with Crippen molar-refractivity contribution in [3.63, 3.8) is 0 Å². The average Bonchev–Trinajstić information content (AvgIpc) is 3.12. The van der Waals surface area contributed by atoms with Crippen LogP contribution in [0.2, 0.25) is 0 Å². The molecule has 0 radical (unpaired) electrons. The predicted molar refractivity (Wildman–Crippen MR) is 89.9 cm³/mol. The number of rotatable bonds is 3. The molecule has 126 valence electrons. The first-order chi connectivity index (χ1) is 10.6. The Morgan fingerprint density at radius 1 is 1.52 bits per heavy atom. The van der Waals surface area contributed by atoms with E-state index >= 15 is 0 Å². The molecular weight excluding hydrogens is 316 g/mol. The molecule has 0 aromatic carbocycles. The number of aryl methyl sites for hydroxylation is 3. The van der Waals surface area contributed by atoms with E-state index in [1.807, 2.05) is 42.6 Å². The molecule has 3 rings (SSSR count). The zero-order chi connectivity index (χ0) is 15.7. The number of carbonyl (C=O) groups excluding carboxylic acids is 1. The fourth-order valence-electron chi connectivity index (χ4n) is 2.99. The van der Waals surface area contributed by atoms with Crippen LogP contribution in [0.25, 0.3) is 0 Å². The van der Waals surface area contributed by atoms with E-state index in [0.717, 1.165) is 30.1 Å². The van der Waals surface area contributed by atoms with Crippen molar-refractivity contribution < 1.29 is 9.21 Å². The van der Waals surface area contributed by atoms with Crippen molar-refractivity contribution in [1.29, 1.82) is 0 Å². The molecule has 23 heavy (non-hydrogen) atoms. The Bertz CT molecular complexity index is 679. The summed E-state index contributed by atoms with van der Waals surface area (Å²) in [5.74, 6) is 2.14. The van der Waals surface area contributed by atoms with Crippen molar-refractivity contribution in [2.75, 3.05) is 19.6 Å². The lowest BCUT2D eigenvalue weighted by atomic mass is 10.1. The van der Waals surface area contributed by atoms with Gasteiger partial charge in [0.15, 0.2) is 5.76 Å². The first kappa shape index (κ1) is 17.6. The molecule has 1 unspecified atom stereocenters. The van der Waals surface area contributed by atoms with Crippen LogP contribution in [0.4, 0.5) is 0 Å². The lowest BCUT2D eigenvalue weighted by molar-refractivity contribution is 0.0586. The zero-order valence-electron chi connectivity index (χ0n) is 13.7. The summed E-state index contributed by atoms with van der Waals surface area (Å²) in [7, 11) is 1.95. The van der Waals surface area contributed by atoms with E-state index in [1.165, 1.54) is 0 Å². The van der Waals surface area contributed by atoms with Crippen molar-refractivity contribution >= 4 is 18.3 Å². The largest absolute Gasteiger partial charge is 0.456 e. The summed E-state index contributed by atoms with van der Waals surface area (Å²) in [4.78, 5) is 19.1. The number of aromatic nitrogens is 2. The Morgan fingerprint density at radius 3 is 2.91 bits per heavy atom. The molecule has 0 saturated carbocycles. The maximum Gasteiger partial charge on any atom is 0.290 e. The number of carbonyl (C=O) groups is 1. The summed E-state index contributed by atoms with van der Waals surface area (Å²) >= 11 is 0. The number of nitrogens with zero attached hydrogens (tertiary/aromatic N) is 3. The number of halogens is 1. The highest BCUT2D eigenvalue weighted by Gasteiger charge is 2.32. The highest BCUT2D eigenvalue weighted by Crippen LogP contribution is 2.24. The fraction of sp³-hybridized carbons (Fsp3) is 0.500. The standard InChI is InChI=1S/C16H22N4O2.ClH/c1-4-13-11(2)9-14(22-13)16(21)20-8-5-17-10-12(20)15-18-6-7-19(15)3;/h6-7,9,12,17H,4-5,8,10H2,1-3H3;1H. The van der Waals surface area contributed by atoms with Crippen molar-refractivity contribution in [2.24, 2.45) is 7.05 Å². The molecule has 0 aliphatic carbocycles. The van der Waals surface area contributed by atoms with Crippen LogP contribution in [0.15, 0.2) is 22.9 Å². The van der Waals surface area contributed by atoms with Gasteiger partial charge in [0, 0.05) is 45.5 Å². The van der Waals surface area contributed by atoms with Crippen LogP contribution < -0.4 is 5.32 Å². The second-order valence-electron chi connectivity index (χ2n) is 5.69. The first-order valence-electron chi connectivity index (χ1n) is 7.70. The van der Waals surface area contributed by atoms with Gasteiger partial charge in [-0.1, -0.05) is 6.92 Å². The topological polar surface area (TPSA) is 63.3 Å². The van der Waals surface area contributed by atoms with Gasteiger partial charge < -0.3 is 19.2 Å². The highest BCUT2D eigenvalue weighted by molar-refractivity contribution is 5.92. The van der Waals surface area contributed by atoms with Gasteiger partial charge in [-0.05, 0) is 18.6 Å². The van der Waals surface area contributed by atoms with Gasteiger partial charge >= 0.3 is 0 Å². The monoisotopic (exact) mass is 338 g/mol. The van der Waals surface area contributed by atoms with E-state index in [-0.39, 0.29) is 24.4 Å². The average molecular weight is 339 g/mol. The van der Waals surface area contributed by atoms with Crippen LogP contribution in [0.1, 0.15) is 40.7 Å². The molecule has 3 heterocycles. The predicted octanol–water partition coefficient (Wildman–Crippen LogP) is 2.09. The molecule has 2 aromatic rings. The summed E-state index contributed by atoms with van der Waals surface area (Å²) in [5.41, 5.74) is 1.04. The van der Waals surface area contributed by atoms with Crippen LogP contribution in [0.3, 0.4) is 0 Å². The van der Waals surface area contributed by atoms with E-state index < -0.39 is 0 Å². The Labute approximate surface area is 142 Å². The van der Waals surface area contributed by atoms with Crippen LogP contribution in [0, 0.1) is 6.92 Å². The molecule has 2 aromatic heterocycles. The highest BCUT2D eigenvalue weighted by atomic mass is 35.5. The number of piperazine rings is 1. The number of furan rings is 1. The van der Waals surface area contributed by atoms with E-state index in [2.05, 4.69) is 10.3 Å². The molecule has 1 N–H and O–H groups in total. The molecule has 1 saturated heterocycles. The molecule has 1 amide bonds. The molecule has 1 aliphatic rings. The van der Waals surface area contributed by atoms with Gasteiger partial charge in [-0.3, -0.25) is 4.79 Å². The third-order valence-electron chi connectivity index (χ3n) is 4.21. The maximum atomic E-state index is 12.9. The van der Waals surface area contributed by atoms with Gasteiger partial charge in [0.2, 0.25) is 0 Å². The summed E-state index contributed by atoms with van der Waals surface area (Å²) in [6, 6.07) is 1.77. The molecule has 0 bridgehead atoms. The molecule has 1 fully saturated rings. The third-order valence-corrected chi connectivity index (χ3v) is 4.21. The summed E-state index contributed by atoms with van der Waals surface area (Å²) < 4.78 is 7.70. The summed E-state index contributed by atoms with van der Waals surface area (Å²) in [5, 5.41) is 3.34. The summed E-state index contributed by atoms with van der Waals surface area (Å²) in [6.45, 7) is 6.15. The molecule has 1 atom stereocenters. The van der Waals surface area contributed by atoms with E-state index in [4.69, 9.17) is 4.42 Å². The van der Waals surface area contributed by atoms with Gasteiger partial charge in [0.1, 0.15) is 17.6 Å². The third kappa shape index (κ3) is 3.28. The minimum atomic E-state index is -0.0725. The van der Waals surface area contributed by atoms with E-state index in [1.54, 1.807) is 6.20 Å². The van der Waals surface area contributed by atoms with Gasteiger partial charge in [-0.2, -0.15) is 0 Å². The Kier molecular flexibility index (Phi) is 5.49. The maximum absolute atomic E-state index is 12.9. The van der Waals surface area contributed by atoms with Crippen LogP contribution in [-0.4, -0.2) is 40.0 Å². The van der Waals surface area contributed by atoms with Gasteiger partial charge in [-0.15, -0.1) is 12.4 Å². The lowest BCUT2D eigenvalue weighted by Gasteiger charge is -2.35. The molecule has 7 heteroatoms. The lowest BCUT2D eigenvalue weighted by Crippen LogP contribution is -2.49. The molecule has 6 nitrogen and oxygen atoms in total. The van der Waals surface area contributed by atoms with Crippen molar-refractivity contribution in [3.8, 4) is 0 Å². The fourth-order valence-corrected chi connectivity index (χ4v) is 2.99. The van der Waals surface area contributed by atoms with Gasteiger partial charge in [0.05, 0.1) is 0 Å². The Balaban J connectivity index is 0.00000192. The Hall–Kier alpha value is -1.79. The first-order valence-corrected chi connectivity index (χ1v) is 7.70. The zero-order valence-corrected chi connectivity index (χ0v) is 14.5. The quantitative estimate of drug-likeness (QED) is 0.930. The van der Waals surface area contributed by atoms with Gasteiger partial charge in [0.25, 0.3) is 5.91 Å². The van der Waals surface area contributed by atoms with Crippen LogP contribution in [0.5, 0.6) is 0 Å². The molecule has 1 aliphatic heterocycles. The number of imidazole rings is 1. The summed E-state index contributed by atoms with van der Waals surface area (Å²) in [6.07, 6.45) is 4.46. The van der Waals surface area contributed by atoms with E-state index in [0.29, 0.717) is 18.8 Å². The smallest absolute Gasteiger partial charge is 0.290 e. The number of hydrogen-bond acceptors (Lipinski definition) is 4. The normalized spacial score (nSPS) is 17.9. The SMILES string of the molecule is CCc1oc(C(=O)N2CCNCC2c2nccn2C)cc1C.Cl. The number of amides is 1. The second-order valence-corrected chi connectivity index (χ2v) is 5.69. The minimum absolute atomic E-state index is 0.